The molecule has 150 valence electrons. The molecule has 0 spiro atoms. The lowest BCUT2D eigenvalue weighted by molar-refractivity contribution is 0.0549. The van der Waals surface area contributed by atoms with E-state index in [1.165, 1.54) is 32.1 Å². The molecular weight excluding hydrogens is 447 g/mol. The van der Waals surface area contributed by atoms with Crippen molar-refractivity contribution in [3.8, 4) is 22.7 Å². The molecule has 7 nitrogen and oxygen atoms in total. The smallest absolute Gasteiger partial charge is 0.357 e. The molecule has 0 saturated heterocycles. The van der Waals surface area contributed by atoms with Crippen LogP contribution in [-0.4, -0.2) is 43.0 Å². The molecule has 0 fully saturated rings. The quantitative estimate of drug-likeness (QED) is 0.532. The standard InChI is InChI=1S/C20H16BrFN2O5/c1-27-14-10-11(22)9-13(21)15(14)17-16(19(25)28-2)18(20(26)29-3)24(23-17)12-7-5-4-6-8-12/h4-10H,1-3H3. The Morgan fingerprint density at radius 3 is 2.28 bits per heavy atom. The number of nitrogens with zero attached hydrogens (tertiary/aromatic N) is 2. The Kier molecular flexibility index (Phi) is 5.97. The number of para-hydroxylation sites is 1. The lowest BCUT2D eigenvalue weighted by atomic mass is 10.0. The van der Waals surface area contributed by atoms with Gasteiger partial charge in [-0.3, -0.25) is 0 Å². The Hall–Kier alpha value is -3.20. The van der Waals surface area contributed by atoms with Crippen LogP contribution in [0.15, 0.2) is 46.9 Å². The Morgan fingerprint density at radius 2 is 1.69 bits per heavy atom. The highest BCUT2D eigenvalue weighted by molar-refractivity contribution is 9.10. The van der Waals surface area contributed by atoms with Crippen LogP contribution in [0.25, 0.3) is 16.9 Å². The maximum absolute atomic E-state index is 13.9. The van der Waals surface area contributed by atoms with E-state index in [-0.39, 0.29) is 32.7 Å². The van der Waals surface area contributed by atoms with E-state index >= 15 is 0 Å². The molecule has 3 rings (SSSR count). The molecular formula is C20H16BrFN2O5. The second-order valence-electron chi connectivity index (χ2n) is 5.77. The number of halogens is 2. The number of esters is 2. The molecule has 0 aliphatic rings. The number of methoxy groups -OCH3 is 3. The molecule has 9 heteroatoms. The SMILES string of the molecule is COC(=O)c1c(-c2c(Br)cc(F)cc2OC)nn(-c2ccccc2)c1C(=O)OC. The summed E-state index contributed by atoms with van der Waals surface area (Å²) in [5.41, 5.74) is 0.619. The van der Waals surface area contributed by atoms with Crippen molar-refractivity contribution < 1.29 is 28.2 Å². The van der Waals surface area contributed by atoms with Gasteiger partial charge in [0.2, 0.25) is 0 Å². The summed E-state index contributed by atoms with van der Waals surface area (Å²) in [5.74, 6) is -2.02. The number of aromatic nitrogens is 2. The van der Waals surface area contributed by atoms with Gasteiger partial charge in [0.15, 0.2) is 5.69 Å². The van der Waals surface area contributed by atoms with Crippen molar-refractivity contribution in [2.45, 2.75) is 0 Å². The van der Waals surface area contributed by atoms with Gasteiger partial charge in [0.05, 0.1) is 32.6 Å². The molecule has 1 aromatic heterocycles. The van der Waals surface area contributed by atoms with Gasteiger partial charge < -0.3 is 14.2 Å². The molecule has 0 bridgehead atoms. The minimum Gasteiger partial charge on any atom is -0.496 e. The van der Waals surface area contributed by atoms with Crippen molar-refractivity contribution in [1.29, 1.82) is 0 Å². The Balaban J connectivity index is 2.44. The molecule has 0 saturated carbocycles. The van der Waals surface area contributed by atoms with Crippen molar-refractivity contribution in [2.24, 2.45) is 0 Å². The summed E-state index contributed by atoms with van der Waals surface area (Å²) in [5, 5.41) is 4.47. The van der Waals surface area contributed by atoms with E-state index in [0.717, 1.165) is 6.07 Å². The molecule has 0 N–H and O–H groups in total. The minimum atomic E-state index is -0.805. The van der Waals surface area contributed by atoms with Gasteiger partial charge in [-0.25, -0.2) is 18.7 Å². The fourth-order valence-corrected chi connectivity index (χ4v) is 3.47. The van der Waals surface area contributed by atoms with E-state index in [2.05, 4.69) is 21.0 Å². The average Bonchev–Trinajstić information content (AvgIpc) is 3.12. The predicted molar refractivity (Wildman–Crippen MR) is 106 cm³/mol. The third-order valence-corrected chi connectivity index (χ3v) is 4.76. The lowest BCUT2D eigenvalue weighted by Crippen LogP contribution is -2.15. The summed E-state index contributed by atoms with van der Waals surface area (Å²) in [6.45, 7) is 0. The first kappa shape index (κ1) is 20.5. The van der Waals surface area contributed by atoms with Crippen LogP contribution in [0.4, 0.5) is 4.39 Å². The lowest BCUT2D eigenvalue weighted by Gasteiger charge is -2.10. The molecule has 3 aromatic rings. The van der Waals surface area contributed by atoms with Crippen LogP contribution in [-0.2, 0) is 9.47 Å². The Bertz CT molecular complexity index is 1080. The highest BCUT2D eigenvalue weighted by Gasteiger charge is 2.33. The Labute approximate surface area is 174 Å². The summed E-state index contributed by atoms with van der Waals surface area (Å²) < 4.78 is 30.5. The highest BCUT2D eigenvalue weighted by Crippen LogP contribution is 2.40. The number of rotatable bonds is 5. The van der Waals surface area contributed by atoms with Gasteiger partial charge in [-0.15, -0.1) is 0 Å². The largest absolute Gasteiger partial charge is 0.496 e. The summed E-state index contributed by atoms with van der Waals surface area (Å²) >= 11 is 3.29. The van der Waals surface area contributed by atoms with Crippen molar-refractivity contribution in [2.75, 3.05) is 21.3 Å². The summed E-state index contributed by atoms with van der Waals surface area (Å²) in [7, 11) is 3.74. The zero-order chi connectivity index (χ0) is 21.1. The monoisotopic (exact) mass is 462 g/mol. The molecule has 0 aliphatic heterocycles. The zero-order valence-corrected chi connectivity index (χ0v) is 17.3. The normalized spacial score (nSPS) is 10.5. The maximum Gasteiger partial charge on any atom is 0.357 e. The van der Waals surface area contributed by atoms with E-state index in [1.54, 1.807) is 30.3 Å². The third-order valence-electron chi connectivity index (χ3n) is 4.13. The van der Waals surface area contributed by atoms with Gasteiger partial charge in [0, 0.05) is 10.5 Å². The van der Waals surface area contributed by atoms with Crippen LogP contribution in [0, 0.1) is 5.82 Å². The second-order valence-corrected chi connectivity index (χ2v) is 6.62. The van der Waals surface area contributed by atoms with E-state index in [4.69, 9.17) is 14.2 Å². The Morgan fingerprint density at radius 1 is 1.03 bits per heavy atom. The first-order chi connectivity index (χ1) is 13.9. The molecule has 0 unspecified atom stereocenters. The number of hydrogen-bond acceptors (Lipinski definition) is 6. The molecule has 29 heavy (non-hydrogen) atoms. The van der Waals surface area contributed by atoms with Crippen LogP contribution in [0.2, 0.25) is 0 Å². The van der Waals surface area contributed by atoms with Gasteiger partial charge >= 0.3 is 11.9 Å². The maximum atomic E-state index is 13.9. The van der Waals surface area contributed by atoms with Crippen molar-refractivity contribution >= 4 is 27.9 Å². The third kappa shape index (κ3) is 3.73. The summed E-state index contributed by atoms with van der Waals surface area (Å²) in [6.07, 6.45) is 0. The number of hydrogen-bond donors (Lipinski definition) is 0. The van der Waals surface area contributed by atoms with Gasteiger partial charge in [0.25, 0.3) is 0 Å². The average molecular weight is 463 g/mol. The molecule has 1 heterocycles. The summed E-state index contributed by atoms with van der Waals surface area (Å²) in [6, 6.07) is 11.1. The van der Waals surface area contributed by atoms with Gasteiger partial charge in [-0.05, 0) is 34.1 Å². The first-order valence-corrected chi connectivity index (χ1v) is 9.10. The van der Waals surface area contributed by atoms with Crippen LogP contribution in [0.5, 0.6) is 5.75 Å². The number of ether oxygens (including phenoxy) is 3. The van der Waals surface area contributed by atoms with Crippen molar-refractivity contribution in [3.63, 3.8) is 0 Å². The topological polar surface area (TPSA) is 79.7 Å². The number of benzene rings is 2. The second kappa shape index (κ2) is 8.44. The fourth-order valence-electron chi connectivity index (χ4n) is 2.87. The molecule has 0 aliphatic carbocycles. The van der Waals surface area contributed by atoms with Crippen LogP contribution in [0.1, 0.15) is 20.8 Å². The van der Waals surface area contributed by atoms with Crippen LogP contribution in [0.3, 0.4) is 0 Å². The van der Waals surface area contributed by atoms with Gasteiger partial charge in [-0.1, -0.05) is 18.2 Å². The van der Waals surface area contributed by atoms with E-state index in [0.29, 0.717) is 5.69 Å². The molecule has 0 amide bonds. The minimum absolute atomic E-state index is 0.0739. The molecule has 0 radical (unpaired) electrons. The fraction of sp³-hybridized carbons (Fsp3) is 0.150. The first-order valence-electron chi connectivity index (χ1n) is 8.31. The molecule has 2 aromatic carbocycles. The van der Waals surface area contributed by atoms with Gasteiger partial charge in [0.1, 0.15) is 22.8 Å². The number of carbonyl (C=O) groups is 2. The summed E-state index contributed by atoms with van der Waals surface area (Å²) in [4.78, 5) is 25.3. The predicted octanol–water partition coefficient (Wildman–Crippen LogP) is 4.02. The van der Waals surface area contributed by atoms with Crippen molar-refractivity contribution in [3.05, 3.63) is 64.0 Å². The van der Waals surface area contributed by atoms with E-state index in [1.807, 2.05) is 0 Å². The van der Waals surface area contributed by atoms with Gasteiger partial charge in [-0.2, -0.15) is 5.10 Å². The van der Waals surface area contributed by atoms with E-state index < -0.39 is 17.8 Å². The van der Waals surface area contributed by atoms with E-state index in [9.17, 15) is 14.0 Å². The van der Waals surface area contributed by atoms with Crippen LogP contribution < -0.4 is 4.74 Å². The number of carbonyl (C=O) groups excluding carboxylic acids is 2. The molecule has 0 atom stereocenters. The highest BCUT2D eigenvalue weighted by atomic mass is 79.9. The van der Waals surface area contributed by atoms with Crippen molar-refractivity contribution in [1.82, 2.24) is 9.78 Å². The zero-order valence-electron chi connectivity index (χ0n) is 15.7. The van der Waals surface area contributed by atoms with Crippen LogP contribution >= 0.6 is 15.9 Å².